The molecule has 0 saturated heterocycles. The van der Waals surface area contributed by atoms with Gasteiger partial charge in [0.1, 0.15) is 12.4 Å². The Hall–Kier alpha value is -3.67. The maximum absolute atomic E-state index is 10.8. The van der Waals surface area contributed by atoms with Gasteiger partial charge >= 0.3 is 5.97 Å². The van der Waals surface area contributed by atoms with Crippen molar-refractivity contribution in [2.75, 3.05) is 13.2 Å². The van der Waals surface area contributed by atoms with Gasteiger partial charge in [0, 0.05) is 11.8 Å². The highest BCUT2D eigenvalue weighted by molar-refractivity contribution is 6.00. The van der Waals surface area contributed by atoms with Crippen LogP contribution in [0.5, 0.6) is 5.75 Å². The lowest BCUT2D eigenvalue weighted by atomic mass is 10.0. The van der Waals surface area contributed by atoms with Crippen LogP contribution in [0.3, 0.4) is 0 Å². The number of hydrogen-bond acceptors (Lipinski definition) is 5. The maximum Gasteiger partial charge on any atom is 0.307 e. The van der Waals surface area contributed by atoms with Crippen LogP contribution in [-0.2, 0) is 16.1 Å². The predicted octanol–water partition coefficient (Wildman–Crippen LogP) is 4.98. The monoisotopic (exact) mass is 418 g/mol. The number of aromatic nitrogens is 1. The number of oxime groups is 1. The Morgan fingerprint density at radius 1 is 1.03 bits per heavy atom. The summed E-state index contributed by atoms with van der Waals surface area (Å²) in [4.78, 5) is 20.7. The summed E-state index contributed by atoms with van der Waals surface area (Å²) < 4.78 is 5.65. The van der Waals surface area contributed by atoms with Gasteiger partial charge in [-0.2, -0.15) is 0 Å². The number of carboxylic acids is 1. The molecule has 1 aromatic heterocycles. The van der Waals surface area contributed by atoms with Crippen LogP contribution >= 0.6 is 0 Å². The van der Waals surface area contributed by atoms with Crippen LogP contribution in [0.1, 0.15) is 30.9 Å². The van der Waals surface area contributed by atoms with Gasteiger partial charge in [0.05, 0.1) is 17.8 Å². The third-order valence-electron chi connectivity index (χ3n) is 4.54. The summed E-state index contributed by atoms with van der Waals surface area (Å²) >= 11 is 0. The van der Waals surface area contributed by atoms with Gasteiger partial charge in [-0.1, -0.05) is 61.0 Å². The van der Waals surface area contributed by atoms with Crippen LogP contribution < -0.4 is 4.74 Å². The van der Waals surface area contributed by atoms with Gasteiger partial charge in [0.25, 0.3) is 0 Å². The number of carboxylic acid groups (broad SMARTS) is 1. The van der Waals surface area contributed by atoms with E-state index in [9.17, 15) is 4.79 Å². The van der Waals surface area contributed by atoms with Crippen molar-refractivity contribution in [2.45, 2.75) is 26.2 Å². The first-order valence-electron chi connectivity index (χ1n) is 10.3. The van der Waals surface area contributed by atoms with Gasteiger partial charge in [0.15, 0.2) is 6.61 Å². The Morgan fingerprint density at radius 3 is 2.58 bits per heavy atom. The first-order chi connectivity index (χ1) is 15.2. The maximum atomic E-state index is 10.8. The second kappa shape index (κ2) is 11.5. The molecule has 0 radical (unpaired) electrons. The van der Waals surface area contributed by atoms with E-state index in [4.69, 9.17) is 14.7 Å². The van der Waals surface area contributed by atoms with Crippen molar-refractivity contribution in [1.82, 2.24) is 4.98 Å². The zero-order chi connectivity index (χ0) is 21.9. The van der Waals surface area contributed by atoms with E-state index in [0.29, 0.717) is 24.5 Å². The van der Waals surface area contributed by atoms with Crippen molar-refractivity contribution >= 4 is 11.7 Å². The molecule has 1 heterocycles. The zero-order valence-electron chi connectivity index (χ0n) is 17.5. The summed E-state index contributed by atoms with van der Waals surface area (Å²) in [5.41, 5.74) is 4.59. The van der Waals surface area contributed by atoms with Gasteiger partial charge in [-0.15, -0.1) is 0 Å². The molecule has 0 unspecified atom stereocenters. The van der Waals surface area contributed by atoms with Crippen molar-refractivity contribution in [3.05, 3.63) is 84.1 Å². The molecule has 0 aliphatic heterocycles. The standard InChI is InChI=1S/C25H26N2O4/c1-2-6-24(21-12-10-20(11-13-21)23-9-3-4-14-26-23)27-31-16-15-30-22-8-5-7-19(17-22)18-25(28)29/h3-5,7-14,17H,2,6,15-16,18H2,1H3,(H,28,29). The highest BCUT2D eigenvalue weighted by atomic mass is 16.6. The molecule has 1 N–H and O–H groups in total. The molecule has 0 amide bonds. The average Bonchev–Trinajstić information content (AvgIpc) is 2.79. The van der Waals surface area contributed by atoms with Crippen LogP contribution in [0.2, 0.25) is 0 Å². The van der Waals surface area contributed by atoms with Crippen molar-refractivity contribution in [1.29, 1.82) is 0 Å². The molecule has 0 bridgehead atoms. The van der Waals surface area contributed by atoms with Crippen LogP contribution in [0.15, 0.2) is 78.1 Å². The summed E-state index contributed by atoms with van der Waals surface area (Å²) in [6.07, 6.45) is 3.51. The molecule has 3 rings (SSSR count). The van der Waals surface area contributed by atoms with E-state index >= 15 is 0 Å². The van der Waals surface area contributed by atoms with E-state index in [1.54, 1.807) is 30.5 Å². The van der Waals surface area contributed by atoms with Crippen LogP contribution in [0.4, 0.5) is 0 Å². The molecule has 6 nitrogen and oxygen atoms in total. The summed E-state index contributed by atoms with van der Waals surface area (Å²) in [7, 11) is 0. The number of aliphatic carboxylic acids is 1. The van der Waals surface area contributed by atoms with Gasteiger partial charge in [0.2, 0.25) is 0 Å². The van der Waals surface area contributed by atoms with Crippen LogP contribution in [0, 0.1) is 0 Å². The third-order valence-corrected chi connectivity index (χ3v) is 4.54. The molecule has 31 heavy (non-hydrogen) atoms. The SMILES string of the molecule is CCCC(=NOCCOc1cccc(CC(=O)O)c1)c1ccc(-c2ccccn2)cc1. The van der Waals surface area contributed by atoms with E-state index in [1.807, 2.05) is 42.5 Å². The Morgan fingerprint density at radius 2 is 1.87 bits per heavy atom. The highest BCUT2D eigenvalue weighted by Gasteiger charge is 2.06. The summed E-state index contributed by atoms with van der Waals surface area (Å²) in [5, 5.41) is 13.2. The fourth-order valence-electron chi connectivity index (χ4n) is 3.09. The molecule has 3 aromatic rings. The minimum Gasteiger partial charge on any atom is -0.490 e. The molecule has 0 spiro atoms. The molecular formula is C25H26N2O4. The van der Waals surface area contributed by atoms with Gasteiger partial charge in [-0.3, -0.25) is 9.78 Å². The molecule has 0 aliphatic rings. The second-order valence-corrected chi connectivity index (χ2v) is 6.98. The lowest BCUT2D eigenvalue weighted by molar-refractivity contribution is -0.136. The van der Waals surface area contributed by atoms with E-state index in [-0.39, 0.29) is 6.42 Å². The fourth-order valence-corrected chi connectivity index (χ4v) is 3.09. The Kier molecular flexibility index (Phi) is 8.17. The van der Waals surface area contributed by atoms with E-state index < -0.39 is 5.97 Å². The minimum atomic E-state index is -0.869. The Balaban J connectivity index is 1.55. The smallest absolute Gasteiger partial charge is 0.307 e. The zero-order valence-corrected chi connectivity index (χ0v) is 17.5. The molecule has 0 fully saturated rings. The number of rotatable bonds is 11. The first kappa shape index (κ1) is 22.0. The summed E-state index contributed by atoms with van der Waals surface area (Å²) in [6, 6.07) is 21.1. The van der Waals surface area contributed by atoms with Crippen molar-refractivity contribution in [3.63, 3.8) is 0 Å². The van der Waals surface area contributed by atoms with Crippen molar-refractivity contribution in [2.24, 2.45) is 5.16 Å². The second-order valence-electron chi connectivity index (χ2n) is 6.98. The summed E-state index contributed by atoms with van der Waals surface area (Å²) in [6.45, 7) is 2.71. The number of hydrogen-bond donors (Lipinski definition) is 1. The molecule has 0 aliphatic carbocycles. The fraction of sp³-hybridized carbons (Fsp3) is 0.240. The molecule has 160 valence electrons. The van der Waals surface area contributed by atoms with Gasteiger partial charge in [-0.25, -0.2) is 0 Å². The Labute approximate surface area is 182 Å². The lowest BCUT2D eigenvalue weighted by Crippen LogP contribution is -2.07. The quantitative estimate of drug-likeness (QED) is 0.270. The number of nitrogens with zero attached hydrogens (tertiary/aromatic N) is 2. The lowest BCUT2D eigenvalue weighted by Gasteiger charge is -2.09. The minimum absolute atomic E-state index is 0.0303. The van der Waals surface area contributed by atoms with Crippen LogP contribution in [-0.4, -0.2) is 35.0 Å². The molecule has 0 saturated carbocycles. The van der Waals surface area contributed by atoms with Gasteiger partial charge in [-0.05, 0) is 41.8 Å². The number of pyridine rings is 1. The molecule has 6 heteroatoms. The molecule has 2 aromatic carbocycles. The predicted molar refractivity (Wildman–Crippen MR) is 120 cm³/mol. The third kappa shape index (κ3) is 6.96. The topological polar surface area (TPSA) is 81.0 Å². The van der Waals surface area contributed by atoms with E-state index in [1.165, 1.54) is 0 Å². The van der Waals surface area contributed by atoms with Gasteiger partial charge < -0.3 is 14.7 Å². The van der Waals surface area contributed by atoms with Crippen molar-refractivity contribution < 1.29 is 19.5 Å². The van der Waals surface area contributed by atoms with Crippen molar-refractivity contribution in [3.8, 4) is 17.0 Å². The molecular weight excluding hydrogens is 392 g/mol. The number of carbonyl (C=O) groups is 1. The van der Waals surface area contributed by atoms with E-state index in [2.05, 4.69) is 17.1 Å². The Bertz CT molecular complexity index is 1000. The first-order valence-corrected chi connectivity index (χ1v) is 10.3. The number of benzene rings is 2. The molecule has 0 atom stereocenters. The average molecular weight is 418 g/mol. The number of ether oxygens (including phenoxy) is 1. The highest BCUT2D eigenvalue weighted by Crippen LogP contribution is 2.18. The summed E-state index contributed by atoms with van der Waals surface area (Å²) in [5.74, 6) is -0.253. The normalized spacial score (nSPS) is 11.2. The van der Waals surface area contributed by atoms with Crippen LogP contribution in [0.25, 0.3) is 11.3 Å². The van der Waals surface area contributed by atoms with E-state index in [0.717, 1.165) is 35.4 Å². The largest absolute Gasteiger partial charge is 0.490 e.